The molecule has 0 aromatic heterocycles. The van der Waals surface area contributed by atoms with Crippen molar-refractivity contribution in [3.05, 3.63) is 34.3 Å². The summed E-state index contributed by atoms with van der Waals surface area (Å²) in [4.78, 5) is 17.1. The molecule has 0 spiro atoms. The number of piperidine rings is 1. The van der Waals surface area contributed by atoms with Crippen LogP contribution in [0.25, 0.3) is 0 Å². The van der Waals surface area contributed by atoms with E-state index in [1.165, 1.54) is 0 Å². The average molecular weight is 309 g/mol. The van der Waals surface area contributed by atoms with Crippen molar-refractivity contribution < 1.29 is 4.79 Å². The second-order valence-corrected chi connectivity index (χ2v) is 6.00. The maximum Gasteiger partial charge on any atom is 0.254 e. The molecule has 1 aromatic carbocycles. The molecular weight excluding hydrogens is 292 g/mol. The molecule has 4 rings (SSSR count). The van der Waals surface area contributed by atoms with Gasteiger partial charge in [-0.3, -0.25) is 4.79 Å². The molecule has 0 unspecified atom stereocenters. The van der Waals surface area contributed by atoms with Crippen LogP contribution >= 0.6 is 15.9 Å². The SMILES string of the molecule is O=C(c1cccc(Br)c1)N1CCN2CCC1CC2. The third-order valence-electron chi connectivity index (χ3n) is 3.99. The minimum atomic E-state index is 0.185. The first-order chi connectivity index (χ1) is 8.74. The summed E-state index contributed by atoms with van der Waals surface area (Å²) < 4.78 is 0.969. The van der Waals surface area contributed by atoms with Crippen LogP contribution in [0.1, 0.15) is 23.2 Å². The van der Waals surface area contributed by atoms with Crippen LogP contribution in [0, 0.1) is 0 Å². The molecule has 0 saturated carbocycles. The number of rotatable bonds is 1. The van der Waals surface area contributed by atoms with Gasteiger partial charge >= 0.3 is 0 Å². The van der Waals surface area contributed by atoms with Gasteiger partial charge in [-0.15, -0.1) is 0 Å². The topological polar surface area (TPSA) is 23.6 Å². The number of amides is 1. The van der Waals surface area contributed by atoms with Crippen molar-refractivity contribution in [1.82, 2.24) is 9.80 Å². The fourth-order valence-corrected chi connectivity index (χ4v) is 3.34. The van der Waals surface area contributed by atoms with Crippen LogP contribution in [0.15, 0.2) is 28.7 Å². The molecule has 18 heavy (non-hydrogen) atoms. The molecule has 0 radical (unpaired) electrons. The molecule has 3 aliphatic rings. The lowest BCUT2D eigenvalue weighted by molar-refractivity contribution is 0.0685. The van der Waals surface area contributed by atoms with E-state index in [0.717, 1.165) is 49.1 Å². The Morgan fingerprint density at radius 3 is 2.67 bits per heavy atom. The summed E-state index contributed by atoms with van der Waals surface area (Å²) in [5.41, 5.74) is 0.796. The summed E-state index contributed by atoms with van der Waals surface area (Å²) in [6.45, 7) is 4.19. The smallest absolute Gasteiger partial charge is 0.254 e. The van der Waals surface area contributed by atoms with Crippen molar-refractivity contribution in [3.8, 4) is 0 Å². The summed E-state index contributed by atoms with van der Waals surface area (Å²) in [5.74, 6) is 0.185. The van der Waals surface area contributed by atoms with Gasteiger partial charge in [0, 0.05) is 42.3 Å². The van der Waals surface area contributed by atoms with Crippen LogP contribution in [0.3, 0.4) is 0 Å². The minimum absolute atomic E-state index is 0.185. The zero-order valence-corrected chi connectivity index (χ0v) is 11.9. The number of carbonyl (C=O) groups is 1. The fraction of sp³-hybridized carbons (Fsp3) is 0.500. The van der Waals surface area contributed by atoms with E-state index in [4.69, 9.17) is 0 Å². The summed E-state index contributed by atoms with van der Waals surface area (Å²) in [6, 6.07) is 8.15. The average Bonchev–Trinajstić information content (AvgIpc) is 2.71. The predicted molar refractivity (Wildman–Crippen MR) is 74.6 cm³/mol. The molecule has 3 nitrogen and oxygen atoms in total. The maximum atomic E-state index is 12.6. The van der Waals surface area contributed by atoms with E-state index in [1.807, 2.05) is 24.3 Å². The van der Waals surface area contributed by atoms with Crippen molar-refractivity contribution in [3.63, 3.8) is 0 Å². The monoisotopic (exact) mass is 308 g/mol. The quantitative estimate of drug-likeness (QED) is 0.795. The van der Waals surface area contributed by atoms with E-state index < -0.39 is 0 Å². The Morgan fingerprint density at radius 1 is 1.17 bits per heavy atom. The molecule has 96 valence electrons. The molecule has 0 N–H and O–H groups in total. The Balaban J connectivity index is 1.83. The van der Waals surface area contributed by atoms with E-state index in [0.29, 0.717) is 6.04 Å². The molecule has 2 bridgehead atoms. The number of nitrogens with zero attached hydrogens (tertiary/aromatic N) is 2. The highest BCUT2D eigenvalue weighted by Crippen LogP contribution is 2.23. The predicted octanol–water partition coefficient (Wildman–Crippen LogP) is 2.37. The van der Waals surface area contributed by atoms with Crippen molar-refractivity contribution in [2.45, 2.75) is 18.9 Å². The number of carbonyl (C=O) groups excluding carboxylic acids is 1. The van der Waals surface area contributed by atoms with Gasteiger partial charge in [0.05, 0.1) is 0 Å². The molecule has 0 atom stereocenters. The second-order valence-electron chi connectivity index (χ2n) is 5.08. The van der Waals surface area contributed by atoms with E-state index in [1.54, 1.807) is 0 Å². The number of hydrogen-bond donors (Lipinski definition) is 0. The largest absolute Gasteiger partial charge is 0.334 e. The highest BCUT2D eigenvalue weighted by molar-refractivity contribution is 9.10. The molecule has 3 fully saturated rings. The van der Waals surface area contributed by atoms with Crippen LogP contribution in [-0.4, -0.2) is 47.9 Å². The molecule has 1 amide bonds. The first kappa shape index (κ1) is 12.2. The van der Waals surface area contributed by atoms with Crippen molar-refractivity contribution in [1.29, 1.82) is 0 Å². The van der Waals surface area contributed by atoms with Gasteiger partial charge in [0.25, 0.3) is 5.91 Å². The second kappa shape index (κ2) is 5.02. The standard InChI is InChI=1S/C14H17BrN2O/c15-12-3-1-2-11(10-12)14(18)17-9-8-16-6-4-13(17)5-7-16/h1-3,10,13H,4-9H2. The van der Waals surface area contributed by atoms with Gasteiger partial charge in [0.1, 0.15) is 0 Å². The van der Waals surface area contributed by atoms with Crippen LogP contribution in [-0.2, 0) is 0 Å². The molecular formula is C14H17BrN2O. The zero-order valence-electron chi connectivity index (χ0n) is 10.3. The Labute approximate surface area is 116 Å². The molecule has 0 aliphatic carbocycles. The first-order valence-corrected chi connectivity index (χ1v) is 7.32. The Hall–Kier alpha value is -0.870. The van der Waals surface area contributed by atoms with Crippen LogP contribution in [0.5, 0.6) is 0 Å². The summed E-state index contributed by atoms with van der Waals surface area (Å²) in [5, 5.41) is 0. The third-order valence-corrected chi connectivity index (χ3v) is 4.48. The molecule has 3 heterocycles. The highest BCUT2D eigenvalue weighted by atomic mass is 79.9. The van der Waals surface area contributed by atoms with Crippen molar-refractivity contribution >= 4 is 21.8 Å². The summed E-state index contributed by atoms with van der Waals surface area (Å²) in [7, 11) is 0. The van der Waals surface area contributed by atoms with Gasteiger partial charge in [-0.1, -0.05) is 22.0 Å². The van der Waals surface area contributed by atoms with E-state index in [9.17, 15) is 4.79 Å². The zero-order chi connectivity index (χ0) is 12.5. The number of benzene rings is 1. The fourth-order valence-electron chi connectivity index (χ4n) is 2.94. The molecule has 4 heteroatoms. The number of hydrogen-bond acceptors (Lipinski definition) is 2. The molecule has 1 aromatic rings. The van der Waals surface area contributed by atoms with Gasteiger partial charge in [0.2, 0.25) is 0 Å². The minimum Gasteiger partial charge on any atom is -0.334 e. The Morgan fingerprint density at radius 2 is 1.94 bits per heavy atom. The lowest BCUT2D eigenvalue weighted by Gasteiger charge is -2.31. The van der Waals surface area contributed by atoms with Gasteiger partial charge in [0.15, 0.2) is 0 Å². The summed E-state index contributed by atoms with van der Waals surface area (Å²) in [6.07, 6.45) is 2.25. The van der Waals surface area contributed by atoms with E-state index in [-0.39, 0.29) is 5.91 Å². The Bertz CT molecular complexity index is 455. The van der Waals surface area contributed by atoms with E-state index in [2.05, 4.69) is 25.7 Å². The third kappa shape index (κ3) is 2.31. The molecule has 3 aliphatic heterocycles. The lowest BCUT2D eigenvalue weighted by atomic mass is 10.0. The summed E-state index contributed by atoms with van der Waals surface area (Å²) >= 11 is 3.43. The normalized spacial score (nSPS) is 27.1. The van der Waals surface area contributed by atoms with Gasteiger partial charge in [-0.25, -0.2) is 0 Å². The van der Waals surface area contributed by atoms with Gasteiger partial charge in [-0.2, -0.15) is 0 Å². The lowest BCUT2D eigenvalue weighted by Crippen LogP contribution is -2.41. The van der Waals surface area contributed by atoms with E-state index >= 15 is 0 Å². The van der Waals surface area contributed by atoms with Gasteiger partial charge < -0.3 is 9.80 Å². The van der Waals surface area contributed by atoms with Crippen molar-refractivity contribution in [2.24, 2.45) is 0 Å². The Kier molecular flexibility index (Phi) is 3.39. The van der Waals surface area contributed by atoms with Crippen LogP contribution < -0.4 is 0 Å². The van der Waals surface area contributed by atoms with Crippen LogP contribution in [0.2, 0.25) is 0 Å². The molecule has 3 saturated heterocycles. The first-order valence-electron chi connectivity index (χ1n) is 6.53. The van der Waals surface area contributed by atoms with Gasteiger partial charge in [-0.05, 0) is 31.0 Å². The maximum absolute atomic E-state index is 12.6. The number of halogens is 1. The van der Waals surface area contributed by atoms with Crippen LogP contribution in [0.4, 0.5) is 0 Å². The highest BCUT2D eigenvalue weighted by Gasteiger charge is 2.32. The number of fused-ring (bicyclic) bond motifs is 4. The van der Waals surface area contributed by atoms with Crippen molar-refractivity contribution in [2.75, 3.05) is 26.2 Å².